The number of hydrogen-bond acceptors (Lipinski definition) is 3. The number of aromatic nitrogens is 1. The van der Waals surface area contributed by atoms with Crippen LogP contribution in [0.5, 0.6) is 5.75 Å². The first-order chi connectivity index (χ1) is 13.4. The van der Waals surface area contributed by atoms with E-state index in [1.165, 1.54) is 12.7 Å². The summed E-state index contributed by atoms with van der Waals surface area (Å²) < 4.78 is 10.9. The fourth-order valence-electron chi connectivity index (χ4n) is 3.02. The van der Waals surface area contributed by atoms with Gasteiger partial charge >= 0.3 is 5.97 Å². The molecule has 1 N–H and O–H groups in total. The number of para-hydroxylation sites is 1. The van der Waals surface area contributed by atoms with Crippen LogP contribution in [-0.4, -0.2) is 32.7 Å². The van der Waals surface area contributed by atoms with Crippen molar-refractivity contribution in [2.45, 2.75) is 26.1 Å². The second-order valence-corrected chi connectivity index (χ2v) is 12.4. The first kappa shape index (κ1) is 19.8. The van der Waals surface area contributed by atoms with Gasteiger partial charge in [-0.3, -0.25) is 0 Å². The highest BCUT2D eigenvalue weighted by molar-refractivity contribution is 6.83. The third-order valence-electron chi connectivity index (χ3n) is 4.25. The lowest BCUT2D eigenvalue weighted by molar-refractivity contribution is 0.0591. The summed E-state index contributed by atoms with van der Waals surface area (Å²) in [7, 11) is -0.0995. The van der Waals surface area contributed by atoms with Gasteiger partial charge in [0.2, 0.25) is 0 Å². The number of methoxy groups -OCH3 is 1. The van der Waals surface area contributed by atoms with Crippen molar-refractivity contribution in [1.82, 2.24) is 4.98 Å². The van der Waals surface area contributed by atoms with Gasteiger partial charge in [-0.25, -0.2) is 4.79 Å². The summed E-state index contributed by atoms with van der Waals surface area (Å²) in [5.41, 5.74) is 6.79. The Morgan fingerprint density at radius 1 is 1.07 bits per heavy atom. The Labute approximate surface area is 166 Å². The van der Waals surface area contributed by atoms with Gasteiger partial charge in [0.25, 0.3) is 0 Å². The van der Waals surface area contributed by atoms with Crippen molar-refractivity contribution in [3.63, 3.8) is 0 Å². The van der Waals surface area contributed by atoms with Gasteiger partial charge in [-0.15, -0.1) is 5.54 Å². The molecule has 0 saturated heterocycles. The molecule has 0 aliphatic carbocycles. The van der Waals surface area contributed by atoms with Gasteiger partial charge in [0.15, 0.2) is 11.4 Å². The molecule has 2 aromatic carbocycles. The summed E-state index contributed by atoms with van der Waals surface area (Å²) in [6.07, 6.45) is 0.758. The predicted octanol–water partition coefficient (Wildman–Crippen LogP) is 4.80. The average molecular weight is 392 g/mol. The molecule has 0 radical (unpaired) electrons. The van der Waals surface area contributed by atoms with Gasteiger partial charge in [-0.05, 0) is 23.6 Å². The highest BCUT2D eigenvalue weighted by atomic mass is 28.3. The second-order valence-electron chi connectivity index (χ2n) is 7.66. The normalized spacial score (nSPS) is 11.0. The van der Waals surface area contributed by atoms with Crippen LogP contribution in [-0.2, 0) is 11.2 Å². The van der Waals surface area contributed by atoms with E-state index in [0.717, 1.165) is 22.9 Å². The quantitative estimate of drug-likeness (QED) is 0.386. The Morgan fingerprint density at radius 2 is 1.82 bits per heavy atom. The highest BCUT2D eigenvalue weighted by Crippen LogP contribution is 2.33. The Bertz CT molecular complexity index is 1040. The third-order valence-corrected chi connectivity index (χ3v) is 5.18. The maximum atomic E-state index is 12.3. The molecule has 0 fully saturated rings. The Hall–Kier alpha value is -2.97. The molecule has 3 rings (SSSR count). The first-order valence-electron chi connectivity index (χ1n) is 9.27. The van der Waals surface area contributed by atoms with E-state index in [0.29, 0.717) is 11.4 Å². The zero-order chi connectivity index (χ0) is 20.1. The summed E-state index contributed by atoms with van der Waals surface area (Å²) in [6, 6.07) is 16.2. The van der Waals surface area contributed by atoms with E-state index in [1.54, 1.807) is 0 Å². The number of benzene rings is 2. The van der Waals surface area contributed by atoms with Crippen LogP contribution < -0.4 is 4.74 Å². The summed E-state index contributed by atoms with van der Waals surface area (Å²) in [6.45, 7) is 6.79. The van der Waals surface area contributed by atoms with Crippen molar-refractivity contribution in [3.05, 3.63) is 65.4 Å². The minimum Gasteiger partial charge on any atom is -0.478 e. The number of fused-ring (bicyclic) bond motifs is 1. The molecular formula is C23H25NO3Si. The number of carbonyl (C=O) groups is 1. The van der Waals surface area contributed by atoms with Crippen LogP contribution in [0.4, 0.5) is 0 Å². The molecular weight excluding hydrogens is 366 g/mol. The topological polar surface area (TPSA) is 51.3 Å². The summed E-state index contributed by atoms with van der Waals surface area (Å²) in [5, 5.41) is 0.864. The van der Waals surface area contributed by atoms with Crippen molar-refractivity contribution >= 4 is 24.9 Å². The number of hydrogen-bond donors (Lipinski definition) is 1. The number of rotatable bonds is 5. The lowest BCUT2D eigenvalue weighted by atomic mass is 10.0. The molecule has 0 aliphatic heterocycles. The smallest absolute Gasteiger partial charge is 0.358 e. The lowest BCUT2D eigenvalue weighted by Gasteiger charge is -2.06. The largest absolute Gasteiger partial charge is 0.478 e. The van der Waals surface area contributed by atoms with Gasteiger partial charge < -0.3 is 14.5 Å². The van der Waals surface area contributed by atoms with Crippen LogP contribution in [0.1, 0.15) is 21.6 Å². The summed E-state index contributed by atoms with van der Waals surface area (Å²) in [5.74, 6) is 3.14. The fraction of sp³-hybridized carbons (Fsp3) is 0.261. The van der Waals surface area contributed by atoms with Crippen LogP contribution in [0.25, 0.3) is 10.9 Å². The van der Waals surface area contributed by atoms with E-state index in [2.05, 4.69) is 54.3 Å². The maximum Gasteiger partial charge on any atom is 0.358 e. The number of H-pyrrole nitrogens is 1. The molecule has 0 bridgehead atoms. The van der Waals surface area contributed by atoms with Gasteiger partial charge in [0.05, 0.1) is 12.6 Å². The number of esters is 1. The Kier molecular flexibility index (Phi) is 5.91. The molecule has 0 spiro atoms. The van der Waals surface area contributed by atoms with Crippen molar-refractivity contribution in [3.8, 4) is 17.2 Å². The first-order valence-corrected chi connectivity index (χ1v) is 12.8. The van der Waals surface area contributed by atoms with Crippen LogP contribution in [0.15, 0.2) is 48.5 Å². The van der Waals surface area contributed by atoms with E-state index in [9.17, 15) is 4.79 Å². The molecule has 1 aromatic heterocycles. The van der Waals surface area contributed by atoms with Crippen LogP contribution >= 0.6 is 0 Å². The molecule has 3 aromatic rings. The zero-order valence-corrected chi connectivity index (χ0v) is 17.8. The lowest BCUT2D eigenvalue weighted by Crippen LogP contribution is -2.16. The molecule has 0 amide bonds. The fourth-order valence-corrected chi connectivity index (χ4v) is 3.62. The Balaban J connectivity index is 1.99. The van der Waals surface area contributed by atoms with Crippen LogP contribution in [0, 0.1) is 11.5 Å². The minimum absolute atomic E-state index is 0.240. The molecule has 28 heavy (non-hydrogen) atoms. The molecule has 0 aliphatic rings. The van der Waals surface area contributed by atoms with E-state index in [-0.39, 0.29) is 6.61 Å². The van der Waals surface area contributed by atoms with E-state index >= 15 is 0 Å². The molecule has 5 heteroatoms. The van der Waals surface area contributed by atoms with Crippen molar-refractivity contribution < 1.29 is 14.3 Å². The average Bonchev–Trinajstić information content (AvgIpc) is 3.04. The van der Waals surface area contributed by atoms with Gasteiger partial charge in [-0.1, -0.05) is 68.0 Å². The standard InChI is InChI=1S/C23H25NO3Si/c1-26-23(25)21-22(27-14-9-15-28(2,3)4)19-13-8-12-18(20(19)24-21)16-17-10-6-5-7-11-17/h5-8,10-13,24H,14,16H2,1-4H3. The van der Waals surface area contributed by atoms with Crippen LogP contribution in [0.2, 0.25) is 19.6 Å². The van der Waals surface area contributed by atoms with Crippen LogP contribution in [0.3, 0.4) is 0 Å². The number of aromatic amines is 1. The second kappa shape index (κ2) is 8.36. The molecule has 144 valence electrons. The summed E-state index contributed by atoms with van der Waals surface area (Å²) in [4.78, 5) is 15.5. The van der Waals surface area contributed by atoms with Gasteiger partial charge in [0.1, 0.15) is 14.7 Å². The highest BCUT2D eigenvalue weighted by Gasteiger charge is 2.21. The van der Waals surface area contributed by atoms with Crippen molar-refractivity contribution in [2.24, 2.45) is 0 Å². The van der Waals surface area contributed by atoms with Gasteiger partial charge in [0, 0.05) is 5.39 Å². The Morgan fingerprint density at radius 3 is 2.50 bits per heavy atom. The maximum absolute atomic E-state index is 12.3. The molecule has 0 unspecified atom stereocenters. The molecule has 0 saturated carbocycles. The third kappa shape index (κ3) is 4.65. The zero-order valence-electron chi connectivity index (χ0n) is 16.8. The number of nitrogens with one attached hydrogen (secondary N) is 1. The molecule has 0 atom stereocenters. The van der Waals surface area contributed by atoms with Crippen molar-refractivity contribution in [2.75, 3.05) is 13.7 Å². The number of ether oxygens (including phenoxy) is 2. The monoisotopic (exact) mass is 391 g/mol. The van der Waals surface area contributed by atoms with E-state index in [1.807, 2.05) is 30.3 Å². The SMILES string of the molecule is COC(=O)c1[nH]c2c(Cc3ccccc3)cccc2c1OCC#C[Si](C)(C)C. The van der Waals surface area contributed by atoms with Crippen molar-refractivity contribution in [1.29, 1.82) is 0 Å². The predicted molar refractivity (Wildman–Crippen MR) is 116 cm³/mol. The van der Waals surface area contributed by atoms with E-state index < -0.39 is 14.0 Å². The molecule has 1 heterocycles. The minimum atomic E-state index is -1.47. The van der Waals surface area contributed by atoms with Gasteiger partial charge in [-0.2, -0.15) is 0 Å². The molecule has 4 nitrogen and oxygen atoms in total. The van der Waals surface area contributed by atoms with E-state index in [4.69, 9.17) is 9.47 Å². The summed E-state index contributed by atoms with van der Waals surface area (Å²) >= 11 is 0. The number of carbonyl (C=O) groups excluding carboxylic acids is 1.